The molecule has 0 saturated carbocycles. The van der Waals surface area contributed by atoms with Crippen LogP contribution in [0.1, 0.15) is 26.7 Å². The van der Waals surface area contributed by atoms with Crippen LogP contribution in [0.15, 0.2) is 24.3 Å². The minimum atomic E-state index is -0.410. The molecular weight excluding hydrogens is 219 g/mol. The summed E-state index contributed by atoms with van der Waals surface area (Å²) in [6, 6.07) is 5.94. The Morgan fingerprint density at radius 2 is 2.06 bits per heavy atom. The van der Waals surface area contributed by atoms with Crippen LogP contribution < -0.4 is 5.32 Å². The molecule has 0 aliphatic heterocycles. The van der Waals surface area contributed by atoms with Crippen molar-refractivity contribution in [2.24, 2.45) is 0 Å². The number of benzene rings is 1. The normalized spacial score (nSPS) is 10.1. The number of anilines is 1. The summed E-state index contributed by atoms with van der Waals surface area (Å²) in [7, 11) is 0. The summed E-state index contributed by atoms with van der Waals surface area (Å²) >= 11 is 0. The first-order chi connectivity index (χ1) is 8.19. The van der Waals surface area contributed by atoms with Gasteiger partial charge in [0.1, 0.15) is 5.82 Å². The average molecular weight is 238 g/mol. The lowest BCUT2D eigenvalue weighted by Gasteiger charge is -2.21. The SMILES string of the molecule is CCCCN(CC)C(=O)Nc1ccccc1F. The molecule has 1 rings (SSSR count). The highest BCUT2D eigenvalue weighted by atomic mass is 19.1. The van der Waals surface area contributed by atoms with Crippen molar-refractivity contribution in [2.75, 3.05) is 18.4 Å². The van der Waals surface area contributed by atoms with E-state index < -0.39 is 5.82 Å². The standard InChI is InChI=1S/C13H19FN2O/c1-3-5-10-16(4-2)13(17)15-12-9-7-6-8-11(12)14/h6-9H,3-5,10H2,1-2H3,(H,15,17). The Morgan fingerprint density at radius 1 is 1.35 bits per heavy atom. The number of urea groups is 1. The second-order valence-corrected chi connectivity index (χ2v) is 3.84. The van der Waals surface area contributed by atoms with E-state index in [9.17, 15) is 9.18 Å². The quantitative estimate of drug-likeness (QED) is 0.836. The zero-order valence-electron chi connectivity index (χ0n) is 10.4. The molecule has 17 heavy (non-hydrogen) atoms. The van der Waals surface area contributed by atoms with Crippen molar-refractivity contribution in [3.63, 3.8) is 0 Å². The lowest BCUT2D eigenvalue weighted by molar-refractivity contribution is 0.213. The van der Waals surface area contributed by atoms with Gasteiger partial charge in [-0.1, -0.05) is 25.5 Å². The molecule has 2 amide bonds. The summed E-state index contributed by atoms with van der Waals surface area (Å²) in [6.07, 6.45) is 1.99. The Bertz CT molecular complexity index is 368. The molecule has 3 nitrogen and oxygen atoms in total. The molecule has 0 aromatic heterocycles. The van der Waals surface area contributed by atoms with Crippen LogP contribution in [0.5, 0.6) is 0 Å². The molecular formula is C13H19FN2O. The van der Waals surface area contributed by atoms with E-state index in [4.69, 9.17) is 0 Å². The first-order valence-corrected chi connectivity index (χ1v) is 5.99. The third kappa shape index (κ3) is 4.06. The number of carbonyl (C=O) groups is 1. The number of nitrogens with zero attached hydrogens (tertiary/aromatic N) is 1. The fourth-order valence-corrected chi connectivity index (χ4v) is 1.51. The van der Waals surface area contributed by atoms with Gasteiger partial charge >= 0.3 is 6.03 Å². The minimum absolute atomic E-state index is 0.229. The van der Waals surface area contributed by atoms with E-state index in [0.29, 0.717) is 13.1 Å². The summed E-state index contributed by atoms with van der Waals surface area (Å²) in [5, 5.41) is 2.58. The Morgan fingerprint density at radius 3 is 2.65 bits per heavy atom. The number of nitrogens with one attached hydrogen (secondary N) is 1. The molecule has 0 heterocycles. The van der Waals surface area contributed by atoms with Gasteiger partial charge in [0.05, 0.1) is 5.69 Å². The van der Waals surface area contributed by atoms with Crippen molar-refractivity contribution in [3.05, 3.63) is 30.1 Å². The van der Waals surface area contributed by atoms with Gasteiger partial charge < -0.3 is 10.2 Å². The number of para-hydroxylation sites is 1. The molecule has 0 bridgehead atoms. The highest BCUT2D eigenvalue weighted by molar-refractivity contribution is 5.89. The molecule has 0 spiro atoms. The number of halogens is 1. The summed E-state index contributed by atoms with van der Waals surface area (Å²) in [6.45, 7) is 5.31. The maximum atomic E-state index is 13.3. The first-order valence-electron chi connectivity index (χ1n) is 5.99. The van der Waals surface area contributed by atoms with Crippen LogP contribution in [0.4, 0.5) is 14.9 Å². The van der Waals surface area contributed by atoms with Gasteiger partial charge in [-0.15, -0.1) is 0 Å². The predicted molar refractivity (Wildman–Crippen MR) is 67.6 cm³/mol. The van der Waals surface area contributed by atoms with Crippen LogP contribution >= 0.6 is 0 Å². The van der Waals surface area contributed by atoms with Crippen molar-refractivity contribution >= 4 is 11.7 Å². The fourth-order valence-electron chi connectivity index (χ4n) is 1.51. The number of rotatable bonds is 5. The van der Waals surface area contributed by atoms with E-state index in [1.165, 1.54) is 6.07 Å². The molecule has 0 fully saturated rings. The molecule has 0 atom stereocenters. The van der Waals surface area contributed by atoms with E-state index in [1.807, 2.05) is 6.92 Å². The van der Waals surface area contributed by atoms with E-state index in [-0.39, 0.29) is 11.7 Å². The van der Waals surface area contributed by atoms with Gasteiger partial charge in [0.2, 0.25) is 0 Å². The first kappa shape index (κ1) is 13.5. The summed E-state index contributed by atoms with van der Waals surface area (Å²) < 4.78 is 13.3. The Labute approximate surface area is 102 Å². The van der Waals surface area contributed by atoms with Crippen LogP contribution in [0.3, 0.4) is 0 Å². The number of amides is 2. The Kier molecular flexibility index (Phi) is 5.46. The van der Waals surface area contributed by atoms with E-state index in [2.05, 4.69) is 12.2 Å². The third-order valence-corrected chi connectivity index (χ3v) is 2.57. The minimum Gasteiger partial charge on any atom is -0.325 e. The second-order valence-electron chi connectivity index (χ2n) is 3.84. The Hall–Kier alpha value is -1.58. The zero-order chi connectivity index (χ0) is 12.7. The maximum absolute atomic E-state index is 13.3. The van der Waals surface area contributed by atoms with Gasteiger partial charge in [-0.05, 0) is 25.5 Å². The summed E-state index contributed by atoms with van der Waals surface area (Å²) in [5.74, 6) is -0.410. The van der Waals surface area contributed by atoms with Crippen molar-refractivity contribution in [1.82, 2.24) is 4.90 Å². The fraction of sp³-hybridized carbons (Fsp3) is 0.462. The molecule has 0 aliphatic rings. The zero-order valence-corrected chi connectivity index (χ0v) is 10.4. The molecule has 4 heteroatoms. The smallest absolute Gasteiger partial charge is 0.321 e. The van der Waals surface area contributed by atoms with Gasteiger partial charge in [-0.3, -0.25) is 0 Å². The van der Waals surface area contributed by atoms with Crippen molar-refractivity contribution in [2.45, 2.75) is 26.7 Å². The lowest BCUT2D eigenvalue weighted by atomic mass is 10.3. The molecule has 1 N–H and O–H groups in total. The van der Waals surface area contributed by atoms with E-state index in [1.54, 1.807) is 23.1 Å². The van der Waals surface area contributed by atoms with E-state index >= 15 is 0 Å². The monoisotopic (exact) mass is 238 g/mol. The topological polar surface area (TPSA) is 32.3 Å². The highest BCUT2D eigenvalue weighted by Crippen LogP contribution is 2.13. The number of hydrogen-bond donors (Lipinski definition) is 1. The molecule has 94 valence electrons. The van der Waals surface area contributed by atoms with Crippen LogP contribution in [-0.2, 0) is 0 Å². The highest BCUT2D eigenvalue weighted by Gasteiger charge is 2.12. The summed E-state index contributed by atoms with van der Waals surface area (Å²) in [5.41, 5.74) is 0.229. The van der Waals surface area contributed by atoms with Crippen LogP contribution in [0.2, 0.25) is 0 Å². The average Bonchev–Trinajstić information content (AvgIpc) is 2.33. The van der Waals surface area contributed by atoms with Crippen LogP contribution in [0, 0.1) is 5.82 Å². The molecule has 1 aromatic carbocycles. The van der Waals surface area contributed by atoms with Crippen molar-refractivity contribution in [1.29, 1.82) is 0 Å². The number of carbonyl (C=O) groups excluding carboxylic acids is 1. The predicted octanol–water partition coefficient (Wildman–Crippen LogP) is 3.48. The third-order valence-electron chi connectivity index (χ3n) is 2.57. The van der Waals surface area contributed by atoms with Crippen LogP contribution in [-0.4, -0.2) is 24.0 Å². The van der Waals surface area contributed by atoms with E-state index in [0.717, 1.165) is 12.8 Å². The van der Waals surface area contributed by atoms with Gasteiger partial charge in [0.25, 0.3) is 0 Å². The molecule has 0 unspecified atom stereocenters. The van der Waals surface area contributed by atoms with Gasteiger partial charge in [-0.2, -0.15) is 0 Å². The number of hydrogen-bond acceptors (Lipinski definition) is 1. The van der Waals surface area contributed by atoms with Crippen LogP contribution in [0.25, 0.3) is 0 Å². The molecule has 0 radical (unpaired) electrons. The number of unbranched alkanes of at least 4 members (excludes halogenated alkanes) is 1. The largest absolute Gasteiger partial charge is 0.325 e. The molecule has 0 saturated heterocycles. The lowest BCUT2D eigenvalue weighted by Crippen LogP contribution is -2.35. The molecule has 0 aliphatic carbocycles. The van der Waals surface area contributed by atoms with Gasteiger partial charge in [0, 0.05) is 13.1 Å². The summed E-state index contributed by atoms with van der Waals surface area (Å²) in [4.78, 5) is 13.5. The van der Waals surface area contributed by atoms with Gasteiger partial charge in [-0.25, -0.2) is 9.18 Å². The van der Waals surface area contributed by atoms with Gasteiger partial charge in [0.15, 0.2) is 0 Å². The van der Waals surface area contributed by atoms with Crippen molar-refractivity contribution < 1.29 is 9.18 Å². The maximum Gasteiger partial charge on any atom is 0.321 e. The molecule has 1 aromatic rings. The second kappa shape index (κ2) is 6.89. The Balaban J connectivity index is 2.61. The van der Waals surface area contributed by atoms with Crippen molar-refractivity contribution in [3.8, 4) is 0 Å².